The van der Waals surface area contributed by atoms with Crippen LogP contribution in [0.15, 0.2) is 39.8 Å². The molecule has 0 aliphatic carbocycles. The van der Waals surface area contributed by atoms with Gasteiger partial charge in [0, 0.05) is 27.8 Å². The highest BCUT2D eigenvalue weighted by Crippen LogP contribution is 2.30. The summed E-state index contributed by atoms with van der Waals surface area (Å²) in [6.45, 7) is 9.81. The molecule has 2 aromatic rings. The first-order valence-corrected chi connectivity index (χ1v) is 9.66. The summed E-state index contributed by atoms with van der Waals surface area (Å²) in [4.78, 5) is 0.221. The van der Waals surface area contributed by atoms with Crippen molar-refractivity contribution in [1.82, 2.24) is 9.78 Å². The molecule has 7 heteroatoms. The Morgan fingerprint density at radius 2 is 1.91 bits per heavy atom. The molecule has 0 aliphatic rings. The summed E-state index contributed by atoms with van der Waals surface area (Å²) in [5.74, 6) is 0. The highest BCUT2D eigenvalue weighted by molar-refractivity contribution is 9.10. The number of benzene rings is 1. The second-order valence-corrected chi connectivity index (χ2v) is 9.35. The quantitative estimate of drug-likeness (QED) is 0.831. The third-order valence-electron chi connectivity index (χ3n) is 3.30. The van der Waals surface area contributed by atoms with Gasteiger partial charge in [-0.25, -0.2) is 8.42 Å². The van der Waals surface area contributed by atoms with E-state index >= 15 is 0 Å². The molecule has 1 aromatic carbocycles. The van der Waals surface area contributed by atoms with Crippen LogP contribution in [0.25, 0.3) is 0 Å². The zero-order valence-electron chi connectivity index (χ0n) is 14.0. The van der Waals surface area contributed by atoms with Gasteiger partial charge in [-0.3, -0.25) is 9.40 Å². The van der Waals surface area contributed by atoms with Crippen molar-refractivity contribution < 1.29 is 8.42 Å². The van der Waals surface area contributed by atoms with Crippen LogP contribution >= 0.6 is 15.9 Å². The number of hydrogen-bond acceptors (Lipinski definition) is 3. The standard InChI is InChI=1S/C16H22BrN3O2S/c1-11(2)20-10-14(15(18-20)16(3,4)5)23(21,22)19-13-8-6-7-12(17)9-13/h6-11,19H,1-5H3. The molecule has 0 amide bonds. The van der Waals surface area contributed by atoms with Gasteiger partial charge in [-0.2, -0.15) is 5.10 Å². The van der Waals surface area contributed by atoms with Gasteiger partial charge in [-0.05, 0) is 32.0 Å². The minimum Gasteiger partial charge on any atom is -0.279 e. The lowest BCUT2D eigenvalue weighted by Crippen LogP contribution is -2.20. The minimum absolute atomic E-state index is 0.0888. The van der Waals surface area contributed by atoms with Gasteiger partial charge in [0.1, 0.15) is 4.90 Å². The highest BCUT2D eigenvalue weighted by Gasteiger charge is 2.30. The molecule has 0 radical (unpaired) electrons. The smallest absolute Gasteiger partial charge is 0.265 e. The van der Waals surface area contributed by atoms with Crippen LogP contribution in [0.2, 0.25) is 0 Å². The van der Waals surface area contributed by atoms with Gasteiger partial charge in [0.25, 0.3) is 10.0 Å². The zero-order chi connectivity index (χ0) is 17.4. The summed E-state index contributed by atoms with van der Waals surface area (Å²) in [6.07, 6.45) is 1.60. The Morgan fingerprint density at radius 3 is 2.43 bits per heavy atom. The fraction of sp³-hybridized carbons (Fsp3) is 0.438. The van der Waals surface area contributed by atoms with E-state index in [1.165, 1.54) is 0 Å². The predicted octanol–water partition coefficient (Wildman–Crippen LogP) is 4.32. The average Bonchev–Trinajstić information content (AvgIpc) is 2.83. The van der Waals surface area contributed by atoms with Crippen LogP contribution in [-0.4, -0.2) is 18.2 Å². The Labute approximate surface area is 146 Å². The second-order valence-electron chi connectivity index (χ2n) is 6.78. The SMILES string of the molecule is CC(C)n1cc(S(=O)(=O)Nc2cccc(Br)c2)c(C(C)(C)C)n1. The van der Waals surface area contributed by atoms with Gasteiger partial charge in [0.05, 0.1) is 5.69 Å². The van der Waals surface area contributed by atoms with Crippen molar-refractivity contribution in [3.63, 3.8) is 0 Å². The second kappa shape index (κ2) is 6.28. The minimum atomic E-state index is -3.71. The number of nitrogens with zero attached hydrogens (tertiary/aromatic N) is 2. The maximum Gasteiger partial charge on any atom is 0.265 e. The van der Waals surface area contributed by atoms with Crippen molar-refractivity contribution in [2.24, 2.45) is 0 Å². The highest BCUT2D eigenvalue weighted by atomic mass is 79.9. The first kappa shape index (κ1) is 18.0. The predicted molar refractivity (Wildman–Crippen MR) is 96.3 cm³/mol. The van der Waals surface area contributed by atoms with Crippen LogP contribution in [-0.2, 0) is 15.4 Å². The Hall–Kier alpha value is -1.34. The van der Waals surface area contributed by atoms with E-state index < -0.39 is 10.0 Å². The molecule has 1 heterocycles. The molecule has 0 atom stereocenters. The summed E-state index contributed by atoms with van der Waals surface area (Å²) >= 11 is 3.34. The fourth-order valence-corrected chi connectivity index (χ4v) is 3.91. The fourth-order valence-electron chi connectivity index (χ4n) is 2.12. The molecule has 0 saturated heterocycles. The normalized spacial score (nSPS) is 12.7. The zero-order valence-corrected chi connectivity index (χ0v) is 16.4. The number of hydrogen-bond donors (Lipinski definition) is 1. The van der Waals surface area contributed by atoms with Crippen molar-refractivity contribution in [3.8, 4) is 0 Å². The third kappa shape index (κ3) is 4.14. The number of nitrogens with one attached hydrogen (secondary N) is 1. The average molecular weight is 400 g/mol. The molecule has 0 unspecified atom stereocenters. The molecule has 0 aliphatic heterocycles. The number of rotatable bonds is 4. The van der Waals surface area contributed by atoms with Gasteiger partial charge >= 0.3 is 0 Å². The van der Waals surface area contributed by atoms with E-state index in [1.54, 1.807) is 29.1 Å². The summed E-state index contributed by atoms with van der Waals surface area (Å²) in [7, 11) is -3.71. The van der Waals surface area contributed by atoms with Gasteiger partial charge in [-0.15, -0.1) is 0 Å². The molecule has 126 valence electrons. The van der Waals surface area contributed by atoms with Crippen LogP contribution < -0.4 is 4.72 Å². The van der Waals surface area contributed by atoms with Crippen molar-refractivity contribution >= 4 is 31.6 Å². The molecule has 0 spiro atoms. The first-order chi connectivity index (χ1) is 10.5. The van der Waals surface area contributed by atoms with E-state index in [0.717, 1.165) is 4.47 Å². The van der Waals surface area contributed by atoms with E-state index in [0.29, 0.717) is 11.4 Å². The lowest BCUT2D eigenvalue weighted by Gasteiger charge is -2.18. The van der Waals surface area contributed by atoms with Crippen LogP contribution in [0.4, 0.5) is 5.69 Å². The molecule has 23 heavy (non-hydrogen) atoms. The van der Waals surface area contributed by atoms with Gasteiger partial charge in [-0.1, -0.05) is 42.8 Å². The number of aromatic nitrogens is 2. The van der Waals surface area contributed by atoms with Crippen molar-refractivity contribution in [2.75, 3.05) is 4.72 Å². The maximum absolute atomic E-state index is 12.8. The summed E-state index contributed by atoms with van der Waals surface area (Å²) in [5, 5.41) is 4.49. The van der Waals surface area contributed by atoms with Gasteiger partial charge in [0.15, 0.2) is 0 Å². The Bertz CT molecular complexity index is 805. The Morgan fingerprint density at radius 1 is 1.26 bits per heavy atom. The van der Waals surface area contributed by atoms with Gasteiger partial charge in [0.2, 0.25) is 0 Å². The largest absolute Gasteiger partial charge is 0.279 e. The lowest BCUT2D eigenvalue weighted by molar-refractivity contribution is 0.493. The molecule has 0 saturated carbocycles. The first-order valence-electron chi connectivity index (χ1n) is 7.39. The van der Waals surface area contributed by atoms with E-state index in [1.807, 2.05) is 40.7 Å². The van der Waals surface area contributed by atoms with Crippen LogP contribution in [0.5, 0.6) is 0 Å². The Balaban J connectivity index is 2.50. The molecular weight excluding hydrogens is 378 g/mol. The van der Waals surface area contributed by atoms with E-state index in [4.69, 9.17) is 0 Å². The summed E-state index contributed by atoms with van der Waals surface area (Å²) < 4.78 is 30.8. The van der Waals surface area contributed by atoms with Crippen LogP contribution in [0, 0.1) is 0 Å². The van der Waals surface area contributed by atoms with E-state index in [2.05, 4.69) is 25.8 Å². The maximum atomic E-state index is 12.8. The van der Waals surface area contributed by atoms with E-state index in [-0.39, 0.29) is 16.4 Å². The molecule has 2 rings (SSSR count). The molecular formula is C16H22BrN3O2S. The monoisotopic (exact) mass is 399 g/mol. The van der Waals surface area contributed by atoms with Crippen LogP contribution in [0.1, 0.15) is 46.4 Å². The van der Waals surface area contributed by atoms with Gasteiger partial charge < -0.3 is 0 Å². The molecule has 0 fully saturated rings. The molecule has 1 N–H and O–H groups in total. The summed E-state index contributed by atoms with van der Waals surface area (Å²) in [5.41, 5.74) is 0.701. The van der Waals surface area contributed by atoms with Crippen molar-refractivity contribution in [1.29, 1.82) is 0 Å². The molecule has 5 nitrogen and oxygen atoms in total. The third-order valence-corrected chi connectivity index (χ3v) is 5.18. The van der Waals surface area contributed by atoms with Crippen molar-refractivity contribution in [3.05, 3.63) is 40.6 Å². The number of halogens is 1. The number of sulfonamides is 1. The Kier molecular flexibility index (Phi) is 4.92. The lowest BCUT2D eigenvalue weighted by atomic mass is 9.92. The topological polar surface area (TPSA) is 64.0 Å². The van der Waals surface area contributed by atoms with E-state index in [9.17, 15) is 8.42 Å². The molecule has 0 bridgehead atoms. The van der Waals surface area contributed by atoms with Crippen LogP contribution in [0.3, 0.4) is 0 Å². The molecule has 1 aromatic heterocycles. The summed E-state index contributed by atoms with van der Waals surface area (Å²) in [6, 6.07) is 7.15. The van der Waals surface area contributed by atoms with Crippen molar-refractivity contribution in [2.45, 2.75) is 51.0 Å². The number of anilines is 1.